The minimum Gasteiger partial charge on any atom is -0.433 e. The number of alkyl halides is 2. The van der Waals surface area contributed by atoms with Crippen molar-refractivity contribution < 1.29 is 29.2 Å². The third-order valence-corrected chi connectivity index (χ3v) is 8.22. The third-order valence-electron chi connectivity index (χ3n) is 8.22. The second-order valence-electron chi connectivity index (χ2n) is 10.5. The summed E-state index contributed by atoms with van der Waals surface area (Å²) in [4.78, 5) is 20.3. The van der Waals surface area contributed by atoms with E-state index in [-0.39, 0.29) is 31.1 Å². The Hall–Kier alpha value is -1.84. The SMILES string of the molecule is COC1COCCC1NC1CCC(C(=O)N2CCCc3ncc(OC(F)F)cc3C2)(C(C)C)CC1.[HH]. The van der Waals surface area contributed by atoms with Gasteiger partial charge in [-0.25, -0.2) is 0 Å². The molecule has 0 spiro atoms. The van der Waals surface area contributed by atoms with E-state index in [9.17, 15) is 13.6 Å². The Morgan fingerprint density at radius 2 is 2.09 bits per heavy atom. The number of nitrogens with one attached hydrogen (secondary N) is 1. The van der Waals surface area contributed by atoms with Gasteiger partial charge in [0.15, 0.2) is 0 Å². The number of pyridine rings is 1. The van der Waals surface area contributed by atoms with Crippen LogP contribution >= 0.6 is 0 Å². The second kappa shape index (κ2) is 11.5. The van der Waals surface area contributed by atoms with E-state index in [2.05, 4.69) is 28.9 Å². The number of rotatable bonds is 7. The molecule has 0 bridgehead atoms. The van der Waals surface area contributed by atoms with Crippen LogP contribution in [0.1, 0.15) is 65.1 Å². The maximum absolute atomic E-state index is 14.0. The first kappa shape index (κ1) is 26.2. The second-order valence-corrected chi connectivity index (χ2v) is 10.5. The molecule has 198 valence electrons. The van der Waals surface area contributed by atoms with E-state index in [1.807, 2.05) is 4.90 Å². The van der Waals surface area contributed by atoms with Crippen molar-refractivity contribution in [2.75, 3.05) is 26.9 Å². The van der Waals surface area contributed by atoms with Gasteiger partial charge in [0.1, 0.15) is 5.75 Å². The van der Waals surface area contributed by atoms with Crippen LogP contribution in [0.15, 0.2) is 12.3 Å². The summed E-state index contributed by atoms with van der Waals surface area (Å²) in [6.45, 7) is 3.79. The van der Waals surface area contributed by atoms with Gasteiger partial charge >= 0.3 is 6.61 Å². The van der Waals surface area contributed by atoms with E-state index < -0.39 is 12.0 Å². The van der Waals surface area contributed by atoms with Gasteiger partial charge in [0.2, 0.25) is 5.91 Å². The maximum atomic E-state index is 14.0. The van der Waals surface area contributed by atoms with E-state index in [0.29, 0.717) is 25.7 Å². The lowest BCUT2D eigenvalue weighted by Crippen LogP contribution is -2.54. The van der Waals surface area contributed by atoms with Gasteiger partial charge in [-0.2, -0.15) is 8.78 Å². The zero-order valence-corrected chi connectivity index (χ0v) is 21.1. The molecular weight excluding hydrogens is 456 g/mol. The van der Waals surface area contributed by atoms with Crippen LogP contribution in [0.3, 0.4) is 0 Å². The quantitative estimate of drug-likeness (QED) is 0.609. The molecule has 1 saturated heterocycles. The molecule has 2 fully saturated rings. The number of halogens is 2. The summed E-state index contributed by atoms with van der Waals surface area (Å²) >= 11 is 0. The first-order valence-electron chi connectivity index (χ1n) is 12.9. The Morgan fingerprint density at radius 1 is 1.31 bits per heavy atom. The standard InChI is InChI=1S/C26H39F2N3O4.H2/c1-17(2)26(9-6-19(7-10-26)30-22-8-12-34-16-23(22)33-3)24(32)31-11-4-5-21-18(15-31)13-20(14-29-21)35-25(27)28;/h13-14,17,19,22-23,25,30H,4-12,15-16H2,1-3H3;1H. The average molecular weight is 498 g/mol. The van der Waals surface area contributed by atoms with E-state index in [1.165, 1.54) is 6.20 Å². The van der Waals surface area contributed by atoms with Crippen molar-refractivity contribution in [1.82, 2.24) is 15.2 Å². The molecule has 9 heteroatoms. The van der Waals surface area contributed by atoms with Crippen molar-refractivity contribution in [3.8, 4) is 5.75 Å². The number of fused-ring (bicyclic) bond motifs is 1. The molecule has 2 atom stereocenters. The third kappa shape index (κ3) is 5.94. The molecular formula is C26H41F2N3O4. The molecule has 35 heavy (non-hydrogen) atoms. The monoisotopic (exact) mass is 497 g/mol. The van der Waals surface area contributed by atoms with Crippen molar-refractivity contribution in [1.29, 1.82) is 0 Å². The molecule has 3 heterocycles. The predicted molar refractivity (Wildman–Crippen MR) is 129 cm³/mol. The summed E-state index contributed by atoms with van der Waals surface area (Å²) in [5.74, 6) is 0.431. The molecule has 1 aromatic heterocycles. The minimum atomic E-state index is -2.90. The van der Waals surface area contributed by atoms with Crippen LogP contribution in [0.25, 0.3) is 0 Å². The van der Waals surface area contributed by atoms with Crippen LogP contribution in [0.4, 0.5) is 8.78 Å². The van der Waals surface area contributed by atoms with Gasteiger partial charge in [0.05, 0.1) is 24.3 Å². The van der Waals surface area contributed by atoms with Crippen LogP contribution in [0, 0.1) is 11.3 Å². The molecule has 1 aliphatic carbocycles. The van der Waals surface area contributed by atoms with Gasteiger partial charge < -0.3 is 24.4 Å². The number of aromatic nitrogens is 1. The highest BCUT2D eigenvalue weighted by Gasteiger charge is 2.47. The van der Waals surface area contributed by atoms with Crippen LogP contribution in [-0.2, 0) is 27.2 Å². The van der Waals surface area contributed by atoms with E-state index in [1.54, 1.807) is 13.2 Å². The van der Waals surface area contributed by atoms with E-state index in [4.69, 9.17) is 9.47 Å². The number of methoxy groups -OCH3 is 1. The van der Waals surface area contributed by atoms with E-state index in [0.717, 1.165) is 62.8 Å². The number of hydrogen-bond donors (Lipinski definition) is 1. The lowest BCUT2D eigenvalue weighted by molar-refractivity contribution is -0.148. The van der Waals surface area contributed by atoms with Gasteiger partial charge in [0, 0.05) is 46.0 Å². The molecule has 1 aromatic rings. The Kier molecular flexibility index (Phi) is 8.60. The molecule has 4 rings (SSSR count). The van der Waals surface area contributed by atoms with Crippen LogP contribution in [-0.4, -0.2) is 67.5 Å². The summed E-state index contributed by atoms with van der Waals surface area (Å²) in [5, 5.41) is 3.79. The molecule has 0 aromatic carbocycles. The Labute approximate surface area is 208 Å². The molecule has 3 aliphatic rings. The highest BCUT2D eigenvalue weighted by molar-refractivity contribution is 5.83. The molecule has 2 aliphatic heterocycles. The first-order chi connectivity index (χ1) is 16.8. The fourth-order valence-electron chi connectivity index (χ4n) is 6.03. The number of ether oxygens (including phenoxy) is 3. The fraction of sp³-hybridized carbons (Fsp3) is 0.769. The van der Waals surface area contributed by atoms with Crippen LogP contribution < -0.4 is 10.1 Å². The molecule has 1 saturated carbocycles. The van der Waals surface area contributed by atoms with Crippen LogP contribution in [0.5, 0.6) is 5.75 Å². The summed E-state index contributed by atoms with van der Waals surface area (Å²) in [5.41, 5.74) is 1.25. The zero-order chi connectivity index (χ0) is 25.0. The molecule has 0 radical (unpaired) electrons. The van der Waals surface area contributed by atoms with Gasteiger partial charge in [-0.3, -0.25) is 9.78 Å². The largest absolute Gasteiger partial charge is 0.433 e. The van der Waals surface area contributed by atoms with Gasteiger partial charge in [-0.1, -0.05) is 13.8 Å². The van der Waals surface area contributed by atoms with Gasteiger partial charge in [0.25, 0.3) is 0 Å². The van der Waals surface area contributed by atoms with Crippen molar-refractivity contribution >= 4 is 5.91 Å². The summed E-state index contributed by atoms with van der Waals surface area (Å²) < 4.78 is 41.1. The minimum absolute atomic E-state index is 0. The Bertz CT molecular complexity index is 868. The van der Waals surface area contributed by atoms with E-state index >= 15 is 0 Å². The van der Waals surface area contributed by atoms with Crippen molar-refractivity contribution in [3.63, 3.8) is 0 Å². The lowest BCUT2D eigenvalue weighted by atomic mass is 9.65. The smallest absolute Gasteiger partial charge is 0.387 e. The van der Waals surface area contributed by atoms with Crippen molar-refractivity contribution in [3.05, 3.63) is 23.5 Å². The van der Waals surface area contributed by atoms with Gasteiger partial charge in [-0.05, 0) is 62.5 Å². The molecule has 1 amide bonds. The average Bonchev–Trinajstić information content (AvgIpc) is 3.06. The number of carbonyl (C=O) groups is 1. The maximum Gasteiger partial charge on any atom is 0.387 e. The Morgan fingerprint density at radius 3 is 2.77 bits per heavy atom. The number of amides is 1. The number of hydrogen-bond acceptors (Lipinski definition) is 6. The lowest BCUT2D eigenvalue weighted by Gasteiger charge is -2.46. The summed E-state index contributed by atoms with van der Waals surface area (Å²) in [7, 11) is 1.73. The Balaban J connectivity index is 0.00000361. The highest BCUT2D eigenvalue weighted by atomic mass is 19.3. The summed E-state index contributed by atoms with van der Waals surface area (Å²) in [6, 6.07) is 2.25. The number of carbonyl (C=O) groups excluding carboxylic acids is 1. The number of nitrogens with zero attached hydrogens (tertiary/aromatic N) is 2. The summed E-state index contributed by atoms with van der Waals surface area (Å²) in [6.07, 6.45) is 7.41. The zero-order valence-electron chi connectivity index (χ0n) is 21.1. The fourth-order valence-corrected chi connectivity index (χ4v) is 6.03. The van der Waals surface area contributed by atoms with Crippen molar-refractivity contribution in [2.45, 2.75) is 90.1 Å². The topological polar surface area (TPSA) is 72.9 Å². The molecule has 7 nitrogen and oxygen atoms in total. The first-order valence-corrected chi connectivity index (χ1v) is 12.9. The van der Waals surface area contributed by atoms with Gasteiger partial charge in [-0.15, -0.1) is 0 Å². The van der Waals surface area contributed by atoms with Crippen LogP contribution in [0.2, 0.25) is 0 Å². The molecule has 1 N–H and O–H groups in total. The highest BCUT2D eigenvalue weighted by Crippen LogP contribution is 2.45. The predicted octanol–water partition coefficient (Wildman–Crippen LogP) is 4.18. The normalized spacial score (nSPS) is 29.7. The number of aryl methyl sites for hydroxylation is 1. The molecule has 2 unspecified atom stereocenters. The van der Waals surface area contributed by atoms with Crippen molar-refractivity contribution in [2.24, 2.45) is 11.3 Å².